The summed E-state index contributed by atoms with van der Waals surface area (Å²) in [6, 6.07) is 5.14. The Morgan fingerprint density at radius 2 is 2.20 bits per heavy atom. The molecule has 0 bridgehead atoms. The number of hydrogen-bond acceptors (Lipinski definition) is 1. The molecule has 0 aliphatic heterocycles. The number of hydrogen-bond donors (Lipinski definition) is 1. The van der Waals surface area contributed by atoms with Gasteiger partial charge < -0.3 is 9.88 Å². The maximum atomic E-state index is 13.7. The molecular formula is C11H12BrFN2. The highest BCUT2D eigenvalue weighted by Gasteiger charge is 2.15. The predicted octanol–water partition coefficient (Wildman–Crippen LogP) is 2.80. The molecule has 0 aliphatic carbocycles. The molecule has 2 rings (SSSR count). The van der Waals surface area contributed by atoms with E-state index in [-0.39, 0.29) is 5.82 Å². The van der Waals surface area contributed by atoms with Crippen molar-refractivity contribution in [2.45, 2.75) is 6.54 Å². The van der Waals surface area contributed by atoms with Gasteiger partial charge in [-0.05, 0) is 35.1 Å². The largest absolute Gasteiger partial charge is 0.338 e. The molecule has 0 saturated carbocycles. The number of rotatable bonds is 2. The molecule has 1 heterocycles. The second-order valence-electron chi connectivity index (χ2n) is 3.49. The number of aryl methyl sites for hydroxylation is 1. The first-order valence-electron chi connectivity index (χ1n) is 4.72. The van der Waals surface area contributed by atoms with E-state index in [2.05, 4.69) is 21.2 Å². The summed E-state index contributed by atoms with van der Waals surface area (Å²) < 4.78 is 16.6. The van der Waals surface area contributed by atoms with E-state index < -0.39 is 0 Å². The van der Waals surface area contributed by atoms with Gasteiger partial charge in [0.15, 0.2) is 0 Å². The van der Waals surface area contributed by atoms with Gasteiger partial charge in [-0.2, -0.15) is 0 Å². The number of nitrogens with one attached hydrogen (secondary N) is 1. The Morgan fingerprint density at radius 1 is 1.47 bits per heavy atom. The minimum atomic E-state index is -0.168. The van der Waals surface area contributed by atoms with Crippen molar-refractivity contribution in [3.63, 3.8) is 0 Å². The minimum absolute atomic E-state index is 0.168. The average molecular weight is 271 g/mol. The number of halogens is 2. The highest BCUT2D eigenvalue weighted by Crippen LogP contribution is 2.30. The van der Waals surface area contributed by atoms with Crippen LogP contribution >= 0.6 is 15.9 Å². The second kappa shape index (κ2) is 3.94. The van der Waals surface area contributed by atoms with Gasteiger partial charge in [-0.15, -0.1) is 0 Å². The smallest absolute Gasteiger partial charge is 0.132 e. The first-order chi connectivity index (χ1) is 7.16. The van der Waals surface area contributed by atoms with Crippen molar-refractivity contribution in [2.24, 2.45) is 7.05 Å². The SMILES string of the molecule is CNCc1c(Br)n(C)c2cccc(F)c12. The maximum Gasteiger partial charge on any atom is 0.132 e. The van der Waals surface area contributed by atoms with E-state index >= 15 is 0 Å². The monoisotopic (exact) mass is 270 g/mol. The summed E-state index contributed by atoms with van der Waals surface area (Å²) in [5.74, 6) is -0.168. The zero-order valence-electron chi connectivity index (χ0n) is 8.64. The summed E-state index contributed by atoms with van der Waals surface area (Å²) in [4.78, 5) is 0. The third-order valence-corrected chi connectivity index (χ3v) is 3.56. The molecule has 80 valence electrons. The molecule has 0 spiro atoms. The fraction of sp³-hybridized carbons (Fsp3) is 0.273. The van der Waals surface area contributed by atoms with Crippen LogP contribution in [0.1, 0.15) is 5.56 Å². The zero-order valence-corrected chi connectivity index (χ0v) is 10.2. The fourth-order valence-electron chi connectivity index (χ4n) is 1.84. The van der Waals surface area contributed by atoms with Gasteiger partial charge >= 0.3 is 0 Å². The van der Waals surface area contributed by atoms with Gasteiger partial charge in [-0.3, -0.25) is 0 Å². The molecular weight excluding hydrogens is 259 g/mol. The molecule has 0 atom stereocenters. The van der Waals surface area contributed by atoms with Crippen LogP contribution in [0.25, 0.3) is 10.9 Å². The van der Waals surface area contributed by atoms with Crippen LogP contribution in [0.4, 0.5) is 4.39 Å². The van der Waals surface area contributed by atoms with Crippen molar-refractivity contribution in [1.29, 1.82) is 0 Å². The Morgan fingerprint density at radius 3 is 2.87 bits per heavy atom. The van der Waals surface area contributed by atoms with Gasteiger partial charge in [0.05, 0.1) is 10.1 Å². The van der Waals surface area contributed by atoms with Gasteiger partial charge in [0, 0.05) is 24.5 Å². The molecule has 0 aliphatic rings. The summed E-state index contributed by atoms with van der Waals surface area (Å²) >= 11 is 3.48. The predicted molar refractivity (Wildman–Crippen MR) is 63.3 cm³/mol. The molecule has 0 radical (unpaired) electrons. The highest BCUT2D eigenvalue weighted by molar-refractivity contribution is 9.10. The minimum Gasteiger partial charge on any atom is -0.338 e. The van der Waals surface area contributed by atoms with Crippen LogP contribution in [0, 0.1) is 5.82 Å². The lowest BCUT2D eigenvalue weighted by molar-refractivity contribution is 0.638. The number of nitrogens with zero attached hydrogens (tertiary/aromatic N) is 1. The van der Waals surface area contributed by atoms with Crippen molar-refractivity contribution in [2.75, 3.05) is 7.05 Å². The third kappa shape index (κ3) is 1.58. The molecule has 1 aromatic carbocycles. The Hall–Kier alpha value is -0.870. The van der Waals surface area contributed by atoms with Crippen LogP contribution < -0.4 is 5.32 Å². The Kier molecular flexibility index (Phi) is 2.80. The van der Waals surface area contributed by atoms with E-state index in [0.29, 0.717) is 11.9 Å². The van der Waals surface area contributed by atoms with Crippen molar-refractivity contribution in [3.05, 3.63) is 34.2 Å². The van der Waals surface area contributed by atoms with Crippen LogP contribution in [0.5, 0.6) is 0 Å². The summed E-state index contributed by atoms with van der Waals surface area (Å²) in [6.07, 6.45) is 0. The molecule has 0 saturated heterocycles. The van der Waals surface area contributed by atoms with Gasteiger partial charge in [-0.1, -0.05) is 6.07 Å². The van der Waals surface area contributed by atoms with E-state index in [1.807, 2.05) is 24.7 Å². The summed E-state index contributed by atoms with van der Waals surface area (Å²) in [5.41, 5.74) is 1.88. The van der Waals surface area contributed by atoms with E-state index in [1.165, 1.54) is 6.07 Å². The van der Waals surface area contributed by atoms with Crippen LogP contribution in [0.3, 0.4) is 0 Å². The summed E-state index contributed by atoms with van der Waals surface area (Å²) in [6.45, 7) is 0.652. The molecule has 1 N–H and O–H groups in total. The molecule has 1 aromatic heterocycles. The van der Waals surface area contributed by atoms with E-state index in [9.17, 15) is 4.39 Å². The zero-order chi connectivity index (χ0) is 11.0. The quantitative estimate of drug-likeness (QED) is 0.888. The van der Waals surface area contributed by atoms with Gasteiger partial charge in [0.25, 0.3) is 0 Å². The van der Waals surface area contributed by atoms with Crippen LogP contribution in [-0.4, -0.2) is 11.6 Å². The highest BCUT2D eigenvalue weighted by atomic mass is 79.9. The molecule has 2 aromatic rings. The fourth-order valence-corrected chi connectivity index (χ4v) is 2.37. The normalized spacial score (nSPS) is 11.2. The van der Waals surface area contributed by atoms with E-state index in [1.54, 1.807) is 6.07 Å². The molecule has 4 heteroatoms. The van der Waals surface area contributed by atoms with Gasteiger partial charge in [0.1, 0.15) is 5.82 Å². The molecule has 15 heavy (non-hydrogen) atoms. The van der Waals surface area contributed by atoms with Crippen molar-refractivity contribution in [3.8, 4) is 0 Å². The number of aromatic nitrogens is 1. The Bertz CT molecular complexity index is 505. The molecule has 0 amide bonds. The molecule has 0 fully saturated rings. The van der Waals surface area contributed by atoms with Gasteiger partial charge in [0.2, 0.25) is 0 Å². The van der Waals surface area contributed by atoms with E-state index in [0.717, 1.165) is 15.7 Å². The lowest BCUT2D eigenvalue weighted by atomic mass is 10.1. The van der Waals surface area contributed by atoms with Crippen molar-refractivity contribution < 1.29 is 4.39 Å². The topological polar surface area (TPSA) is 17.0 Å². The van der Waals surface area contributed by atoms with Gasteiger partial charge in [-0.25, -0.2) is 4.39 Å². The maximum absolute atomic E-state index is 13.7. The Balaban J connectivity index is 2.82. The average Bonchev–Trinajstić information content (AvgIpc) is 2.46. The molecule has 2 nitrogen and oxygen atoms in total. The standard InChI is InChI=1S/C11H12BrFN2/c1-14-6-7-10-8(13)4-3-5-9(10)15(2)11(7)12/h3-5,14H,6H2,1-2H3. The van der Waals surface area contributed by atoms with Crippen LogP contribution in [0.15, 0.2) is 22.8 Å². The second-order valence-corrected chi connectivity index (χ2v) is 4.24. The lowest BCUT2D eigenvalue weighted by Crippen LogP contribution is -2.05. The first kappa shape index (κ1) is 10.6. The number of benzene rings is 1. The third-order valence-electron chi connectivity index (χ3n) is 2.55. The van der Waals surface area contributed by atoms with Crippen molar-refractivity contribution in [1.82, 2.24) is 9.88 Å². The van der Waals surface area contributed by atoms with Crippen LogP contribution in [-0.2, 0) is 13.6 Å². The van der Waals surface area contributed by atoms with Crippen molar-refractivity contribution >= 4 is 26.8 Å². The molecule has 0 unspecified atom stereocenters. The Labute approximate surface area is 96.2 Å². The summed E-state index contributed by atoms with van der Waals surface area (Å²) in [5, 5.41) is 3.74. The van der Waals surface area contributed by atoms with Crippen LogP contribution in [0.2, 0.25) is 0 Å². The lowest BCUT2D eigenvalue weighted by Gasteiger charge is -1.99. The number of fused-ring (bicyclic) bond motifs is 1. The van der Waals surface area contributed by atoms with E-state index in [4.69, 9.17) is 0 Å². The first-order valence-corrected chi connectivity index (χ1v) is 5.52. The summed E-state index contributed by atoms with van der Waals surface area (Å²) in [7, 11) is 3.77.